The molecule has 3 heteroatoms. The van der Waals surface area contributed by atoms with Gasteiger partial charge in [0.1, 0.15) is 0 Å². The Hall–Kier alpha value is -1.02. The second kappa shape index (κ2) is 4.67. The van der Waals surface area contributed by atoms with E-state index in [2.05, 4.69) is 5.32 Å². The van der Waals surface area contributed by atoms with Crippen LogP contribution in [0.2, 0.25) is 5.02 Å². The van der Waals surface area contributed by atoms with E-state index < -0.39 is 0 Å². The van der Waals surface area contributed by atoms with Gasteiger partial charge in [-0.3, -0.25) is 4.79 Å². The highest BCUT2D eigenvalue weighted by molar-refractivity contribution is 6.33. The second-order valence-electron chi connectivity index (χ2n) is 3.99. The van der Waals surface area contributed by atoms with E-state index in [1.165, 1.54) is 19.3 Å². The summed E-state index contributed by atoms with van der Waals surface area (Å²) in [6, 6.07) is 7.13. The molecular formula is C12H14ClNO. The minimum Gasteiger partial charge on any atom is -0.352 e. The molecule has 1 aromatic rings. The van der Waals surface area contributed by atoms with E-state index in [1.807, 2.05) is 12.1 Å². The predicted molar refractivity (Wildman–Crippen MR) is 61.1 cm³/mol. The van der Waals surface area contributed by atoms with Crippen molar-refractivity contribution in [2.45, 2.75) is 19.3 Å². The smallest absolute Gasteiger partial charge is 0.252 e. The molecule has 1 amide bonds. The quantitative estimate of drug-likeness (QED) is 0.839. The number of hydrogen-bond acceptors (Lipinski definition) is 1. The van der Waals surface area contributed by atoms with Gasteiger partial charge in [0.2, 0.25) is 0 Å². The number of carbonyl (C=O) groups is 1. The molecule has 0 unspecified atom stereocenters. The van der Waals surface area contributed by atoms with Crippen molar-refractivity contribution in [3.05, 3.63) is 34.9 Å². The molecule has 0 atom stereocenters. The van der Waals surface area contributed by atoms with Crippen LogP contribution in [-0.2, 0) is 0 Å². The van der Waals surface area contributed by atoms with E-state index in [-0.39, 0.29) is 5.91 Å². The molecule has 2 nitrogen and oxygen atoms in total. The van der Waals surface area contributed by atoms with Crippen molar-refractivity contribution in [3.8, 4) is 0 Å². The van der Waals surface area contributed by atoms with E-state index in [9.17, 15) is 4.79 Å². The van der Waals surface area contributed by atoms with E-state index in [0.717, 1.165) is 6.54 Å². The lowest BCUT2D eigenvalue weighted by molar-refractivity contribution is 0.0939. The maximum Gasteiger partial charge on any atom is 0.252 e. The molecule has 1 aliphatic carbocycles. The van der Waals surface area contributed by atoms with E-state index in [4.69, 9.17) is 11.6 Å². The molecule has 1 aliphatic rings. The lowest BCUT2D eigenvalue weighted by atomic mass is 9.85. The van der Waals surface area contributed by atoms with Crippen molar-refractivity contribution in [1.29, 1.82) is 0 Å². The Kier molecular flexibility index (Phi) is 3.27. The second-order valence-corrected chi connectivity index (χ2v) is 4.39. The van der Waals surface area contributed by atoms with Crippen molar-refractivity contribution in [2.24, 2.45) is 5.92 Å². The van der Waals surface area contributed by atoms with Crippen LogP contribution in [0.3, 0.4) is 0 Å². The first-order valence-electron chi connectivity index (χ1n) is 5.30. The molecule has 0 aromatic heterocycles. The fraction of sp³-hybridized carbons (Fsp3) is 0.417. The highest BCUT2D eigenvalue weighted by Crippen LogP contribution is 2.25. The molecular weight excluding hydrogens is 210 g/mol. The Morgan fingerprint density at radius 3 is 2.73 bits per heavy atom. The number of nitrogens with one attached hydrogen (secondary N) is 1. The SMILES string of the molecule is O=C(NCC1CCC1)c1ccccc1Cl. The highest BCUT2D eigenvalue weighted by atomic mass is 35.5. The molecule has 15 heavy (non-hydrogen) atoms. The summed E-state index contributed by atoms with van der Waals surface area (Å²) in [6.45, 7) is 0.782. The third-order valence-corrected chi connectivity index (χ3v) is 3.22. The normalized spacial score (nSPS) is 15.8. The monoisotopic (exact) mass is 223 g/mol. The molecule has 1 N–H and O–H groups in total. The van der Waals surface area contributed by atoms with Gasteiger partial charge in [-0.2, -0.15) is 0 Å². The molecule has 1 aromatic carbocycles. The average Bonchev–Trinajstić information content (AvgIpc) is 2.16. The number of amides is 1. The first-order chi connectivity index (χ1) is 7.27. The Morgan fingerprint density at radius 2 is 2.13 bits per heavy atom. The Morgan fingerprint density at radius 1 is 1.40 bits per heavy atom. The summed E-state index contributed by atoms with van der Waals surface area (Å²) in [4.78, 5) is 11.7. The van der Waals surface area contributed by atoms with Gasteiger partial charge in [-0.15, -0.1) is 0 Å². The average molecular weight is 224 g/mol. The number of benzene rings is 1. The summed E-state index contributed by atoms with van der Waals surface area (Å²) in [5.74, 6) is 0.615. The molecule has 80 valence electrons. The summed E-state index contributed by atoms with van der Waals surface area (Å²) in [6.07, 6.45) is 3.78. The molecule has 0 heterocycles. The van der Waals surface area contributed by atoms with Crippen LogP contribution in [0.25, 0.3) is 0 Å². The highest BCUT2D eigenvalue weighted by Gasteiger charge is 2.18. The summed E-state index contributed by atoms with van der Waals surface area (Å²) in [7, 11) is 0. The van der Waals surface area contributed by atoms with Crippen LogP contribution in [0.1, 0.15) is 29.6 Å². The zero-order valence-corrected chi connectivity index (χ0v) is 9.26. The first kappa shape index (κ1) is 10.5. The largest absolute Gasteiger partial charge is 0.352 e. The van der Waals surface area contributed by atoms with Gasteiger partial charge < -0.3 is 5.32 Å². The summed E-state index contributed by atoms with van der Waals surface area (Å²) >= 11 is 5.92. The van der Waals surface area contributed by atoms with Crippen molar-refractivity contribution in [2.75, 3.05) is 6.54 Å². The van der Waals surface area contributed by atoms with Gasteiger partial charge in [0.15, 0.2) is 0 Å². The van der Waals surface area contributed by atoms with Gasteiger partial charge in [0.05, 0.1) is 10.6 Å². The third kappa shape index (κ3) is 2.51. The van der Waals surface area contributed by atoms with E-state index in [1.54, 1.807) is 12.1 Å². The summed E-state index contributed by atoms with van der Waals surface area (Å²) in [5, 5.41) is 3.44. The lowest BCUT2D eigenvalue weighted by Crippen LogP contribution is -2.32. The van der Waals surface area contributed by atoms with Gasteiger partial charge in [0.25, 0.3) is 5.91 Å². The van der Waals surface area contributed by atoms with Crippen LogP contribution in [0.4, 0.5) is 0 Å². The predicted octanol–water partition coefficient (Wildman–Crippen LogP) is 2.87. The van der Waals surface area contributed by atoms with Crippen molar-refractivity contribution in [1.82, 2.24) is 5.32 Å². The van der Waals surface area contributed by atoms with Gasteiger partial charge >= 0.3 is 0 Å². The van der Waals surface area contributed by atoms with E-state index in [0.29, 0.717) is 16.5 Å². The topological polar surface area (TPSA) is 29.1 Å². The number of hydrogen-bond donors (Lipinski definition) is 1. The maximum absolute atomic E-state index is 11.7. The van der Waals surface area contributed by atoms with Crippen LogP contribution >= 0.6 is 11.6 Å². The Labute approximate surface area is 94.6 Å². The zero-order chi connectivity index (χ0) is 10.7. The first-order valence-corrected chi connectivity index (χ1v) is 5.68. The fourth-order valence-electron chi connectivity index (χ4n) is 1.67. The number of carbonyl (C=O) groups excluding carboxylic acids is 1. The summed E-state index contributed by atoms with van der Waals surface area (Å²) in [5.41, 5.74) is 0.568. The van der Waals surface area contributed by atoms with Gasteiger partial charge in [-0.05, 0) is 30.9 Å². The van der Waals surface area contributed by atoms with Crippen molar-refractivity contribution < 1.29 is 4.79 Å². The van der Waals surface area contributed by atoms with Gasteiger partial charge in [-0.1, -0.05) is 30.2 Å². The Bertz CT molecular complexity index is 360. The maximum atomic E-state index is 11.7. The molecule has 0 spiro atoms. The molecule has 0 aliphatic heterocycles. The van der Waals surface area contributed by atoms with E-state index >= 15 is 0 Å². The number of halogens is 1. The van der Waals surface area contributed by atoms with Crippen LogP contribution in [0.5, 0.6) is 0 Å². The minimum atomic E-state index is -0.0625. The third-order valence-electron chi connectivity index (χ3n) is 2.89. The summed E-state index contributed by atoms with van der Waals surface area (Å²) < 4.78 is 0. The standard InChI is InChI=1S/C12H14ClNO/c13-11-7-2-1-6-10(11)12(15)14-8-9-4-3-5-9/h1-2,6-7,9H,3-5,8H2,(H,14,15). The van der Waals surface area contributed by atoms with Gasteiger partial charge in [0, 0.05) is 6.54 Å². The molecule has 0 saturated heterocycles. The van der Waals surface area contributed by atoms with Crippen LogP contribution < -0.4 is 5.32 Å². The van der Waals surface area contributed by atoms with Crippen molar-refractivity contribution in [3.63, 3.8) is 0 Å². The molecule has 0 bridgehead atoms. The van der Waals surface area contributed by atoms with Crippen LogP contribution in [0, 0.1) is 5.92 Å². The van der Waals surface area contributed by atoms with Crippen molar-refractivity contribution >= 4 is 17.5 Å². The molecule has 1 fully saturated rings. The Balaban J connectivity index is 1.92. The zero-order valence-electron chi connectivity index (χ0n) is 8.50. The molecule has 2 rings (SSSR count). The molecule has 1 saturated carbocycles. The van der Waals surface area contributed by atoms with Gasteiger partial charge in [-0.25, -0.2) is 0 Å². The lowest BCUT2D eigenvalue weighted by Gasteiger charge is -2.25. The number of rotatable bonds is 3. The van der Waals surface area contributed by atoms with Crippen LogP contribution in [-0.4, -0.2) is 12.5 Å². The molecule has 0 radical (unpaired) electrons. The van der Waals surface area contributed by atoms with Crippen LogP contribution in [0.15, 0.2) is 24.3 Å². The fourth-order valence-corrected chi connectivity index (χ4v) is 1.90. The minimum absolute atomic E-state index is 0.0625.